The van der Waals surface area contributed by atoms with E-state index in [9.17, 15) is 18.0 Å². The summed E-state index contributed by atoms with van der Waals surface area (Å²) in [6.45, 7) is 0.115. The van der Waals surface area contributed by atoms with E-state index in [1.165, 1.54) is 36.3 Å². The highest BCUT2D eigenvalue weighted by molar-refractivity contribution is 6.42. The second-order valence-corrected chi connectivity index (χ2v) is 10.1. The molecule has 1 fully saturated rings. The average molecular weight is 564 g/mol. The Kier molecular flexibility index (Phi) is 6.87. The van der Waals surface area contributed by atoms with Gasteiger partial charge < -0.3 is 9.73 Å². The zero-order valence-electron chi connectivity index (χ0n) is 20.0. The molecule has 0 saturated heterocycles. The van der Waals surface area contributed by atoms with Crippen molar-refractivity contribution < 1.29 is 22.4 Å². The fraction of sp³-hybridized carbons (Fsp3) is 0.269. The second kappa shape index (κ2) is 9.99. The van der Waals surface area contributed by atoms with Gasteiger partial charge in [0.2, 0.25) is 0 Å². The number of rotatable bonds is 7. The van der Waals surface area contributed by atoms with Crippen molar-refractivity contribution in [2.45, 2.75) is 31.6 Å². The molecule has 2 aromatic carbocycles. The van der Waals surface area contributed by atoms with Gasteiger partial charge in [-0.1, -0.05) is 29.3 Å². The maximum atomic E-state index is 13.8. The molecule has 0 aliphatic heterocycles. The van der Waals surface area contributed by atoms with E-state index in [2.05, 4.69) is 10.4 Å². The zero-order chi connectivity index (χ0) is 27.2. The number of benzene rings is 2. The van der Waals surface area contributed by atoms with Gasteiger partial charge in [0.25, 0.3) is 11.6 Å². The molecule has 1 aliphatic carbocycles. The van der Waals surface area contributed by atoms with Crippen molar-refractivity contribution in [1.82, 2.24) is 19.7 Å². The summed E-state index contributed by atoms with van der Waals surface area (Å²) in [5.41, 5.74) is 0.340. The molecule has 12 heteroatoms. The highest BCUT2D eigenvalue weighted by Gasteiger charge is 2.38. The van der Waals surface area contributed by atoms with Crippen LogP contribution in [0.15, 0.2) is 59.5 Å². The minimum atomic E-state index is -4.69. The number of amides is 1. The Morgan fingerprint density at radius 2 is 1.97 bits per heavy atom. The molecular weight excluding hydrogens is 542 g/mol. The van der Waals surface area contributed by atoms with Crippen molar-refractivity contribution in [3.63, 3.8) is 0 Å². The summed E-state index contributed by atoms with van der Waals surface area (Å²) in [5.74, 6) is -0.238. The highest BCUT2D eigenvalue weighted by Crippen LogP contribution is 2.42. The van der Waals surface area contributed by atoms with Crippen molar-refractivity contribution in [3.05, 3.63) is 93.2 Å². The number of carbonyl (C=O) groups is 1. The maximum Gasteiger partial charge on any atom is 0.435 e. The number of hydrogen-bond donors (Lipinski definition) is 2. The van der Waals surface area contributed by atoms with Crippen LogP contribution in [0.25, 0.3) is 11.1 Å². The normalized spacial score (nSPS) is 14.5. The van der Waals surface area contributed by atoms with Crippen LogP contribution in [0.2, 0.25) is 10.0 Å². The predicted octanol–water partition coefficient (Wildman–Crippen LogP) is 6.22. The van der Waals surface area contributed by atoms with Crippen molar-refractivity contribution in [2.24, 2.45) is 13.0 Å². The first kappa shape index (κ1) is 26.1. The first-order valence-electron chi connectivity index (χ1n) is 11.7. The molecule has 1 saturated carbocycles. The lowest BCUT2D eigenvalue weighted by Crippen LogP contribution is -2.30. The van der Waals surface area contributed by atoms with E-state index in [4.69, 9.17) is 33.0 Å². The minimum absolute atomic E-state index is 0.115. The average Bonchev–Trinajstić information content (AvgIpc) is 3.50. The summed E-state index contributed by atoms with van der Waals surface area (Å²) >= 11 is 12.3. The first-order valence-corrected chi connectivity index (χ1v) is 12.4. The molecule has 0 spiro atoms. The Hall–Kier alpha value is -3.50. The van der Waals surface area contributed by atoms with E-state index in [0.717, 1.165) is 23.1 Å². The highest BCUT2D eigenvalue weighted by atomic mass is 35.5. The third-order valence-corrected chi connectivity index (χ3v) is 7.12. The standard InChI is InChI=1S/C26H22Cl2F3N5O2/c1-35-13-19(23(34-35)26(29,30)31)17-8-14(12-36-6-7-38-25(36)32)9-18(10-17)24(37)33-22(15-2-3-15)16-4-5-20(27)21(28)11-16/h4-11,13,15,22,32H,2-3,12H2,1H3,(H,33,37). The van der Waals surface area contributed by atoms with E-state index in [1.54, 1.807) is 30.3 Å². The SMILES string of the molecule is Cn1cc(-c2cc(Cn3ccoc3=N)cc(C(=O)NC(c3ccc(Cl)c(Cl)c3)C3CC3)c2)c(C(F)(F)F)n1. The lowest BCUT2D eigenvalue weighted by molar-refractivity contribution is -0.140. The minimum Gasteiger partial charge on any atom is -0.432 e. The number of carbonyl (C=O) groups excluding carboxylic acids is 1. The van der Waals surface area contributed by atoms with Crippen LogP contribution in [0.5, 0.6) is 0 Å². The number of aromatic nitrogens is 3. The molecule has 2 aromatic heterocycles. The lowest BCUT2D eigenvalue weighted by atomic mass is 9.98. The van der Waals surface area contributed by atoms with Crippen LogP contribution in [0.3, 0.4) is 0 Å². The molecule has 1 amide bonds. The summed E-state index contributed by atoms with van der Waals surface area (Å²) in [6.07, 6.45) is 1.30. The topological polar surface area (TPSA) is 88.8 Å². The van der Waals surface area contributed by atoms with Crippen LogP contribution in [0.4, 0.5) is 13.2 Å². The zero-order valence-corrected chi connectivity index (χ0v) is 21.5. The molecule has 198 valence electrons. The van der Waals surface area contributed by atoms with Gasteiger partial charge in [0.1, 0.15) is 6.26 Å². The van der Waals surface area contributed by atoms with E-state index in [-0.39, 0.29) is 40.9 Å². The summed E-state index contributed by atoms with van der Waals surface area (Å²) in [7, 11) is 1.40. The fourth-order valence-electron chi connectivity index (χ4n) is 4.44. The van der Waals surface area contributed by atoms with Crippen molar-refractivity contribution in [3.8, 4) is 11.1 Å². The first-order chi connectivity index (χ1) is 18.0. The van der Waals surface area contributed by atoms with Crippen LogP contribution in [-0.4, -0.2) is 20.3 Å². The molecule has 0 radical (unpaired) electrons. The van der Waals surface area contributed by atoms with E-state index >= 15 is 0 Å². The monoisotopic (exact) mass is 563 g/mol. The fourth-order valence-corrected chi connectivity index (χ4v) is 4.74. The Bertz CT molecular complexity index is 1570. The third-order valence-electron chi connectivity index (χ3n) is 6.38. The lowest BCUT2D eigenvalue weighted by Gasteiger charge is -2.20. The number of halogens is 5. The van der Waals surface area contributed by atoms with Gasteiger partial charge in [0.05, 0.1) is 22.6 Å². The largest absolute Gasteiger partial charge is 0.435 e. The quantitative estimate of drug-likeness (QED) is 0.280. The Balaban J connectivity index is 1.55. The molecule has 2 heterocycles. The van der Waals surface area contributed by atoms with E-state index in [1.807, 2.05) is 0 Å². The second-order valence-electron chi connectivity index (χ2n) is 9.28. The van der Waals surface area contributed by atoms with Crippen LogP contribution in [0.1, 0.15) is 46.1 Å². The van der Waals surface area contributed by atoms with Gasteiger partial charge in [-0.3, -0.25) is 19.5 Å². The Morgan fingerprint density at radius 1 is 1.21 bits per heavy atom. The molecule has 1 aliphatic rings. The number of nitrogens with zero attached hydrogens (tertiary/aromatic N) is 3. The number of nitrogens with one attached hydrogen (secondary N) is 2. The smallest absolute Gasteiger partial charge is 0.432 e. The number of oxazole rings is 1. The number of alkyl halides is 3. The third kappa shape index (κ3) is 5.51. The molecule has 1 atom stereocenters. The summed E-state index contributed by atoms with van der Waals surface area (Å²) < 4.78 is 48.9. The van der Waals surface area contributed by atoms with Gasteiger partial charge in [0, 0.05) is 30.6 Å². The van der Waals surface area contributed by atoms with Crippen LogP contribution in [-0.2, 0) is 19.8 Å². The molecule has 4 aromatic rings. The van der Waals surface area contributed by atoms with E-state index < -0.39 is 17.8 Å². The molecule has 5 rings (SSSR count). The van der Waals surface area contributed by atoms with Gasteiger partial charge in [-0.05, 0) is 65.8 Å². The van der Waals surface area contributed by atoms with Crippen molar-refractivity contribution in [1.29, 1.82) is 5.41 Å². The van der Waals surface area contributed by atoms with Crippen LogP contribution in [0, 0.1) is 11.3 Å². The molecule has 1 unspecified atom stereocenters. The van der Waals surface area contributed by atoms with E-state index in [0.29, 0.717) is 15.6 Å². The van der Waals surface area contributed by atoms with Crippen molar-refractivity contribution in [2.75, 3.05) is 0 Å². The van der Waals surface area contributed by atoms with Crippen LogP contribution < -0.4 is 11.0 Å². The summed E-state index contributed by atoms with van der Waals surface area (Å²) in [4.78, 5) is 13.5. The Morgan fingerprint density at radius 3 is 2.61 bits per heavy atom. The van der Waals surface area contributed by atoms with Gasteiger partial charge in [-0.2, -0.15) is 18.3 Å². The molecular formula is C26H22Cl2F3N5O2. The summed E-state index contributed by atoms with van der Waals surface area (Å²) in [6, 6.07) is 9.42. The number of aryl methyl sites for hydroxylation is 1. The number of hydrogen-bond acceptors (Lipinski definition) is 4. The van der Waals surface area contributed by atoms with Gasteiger partial charge >= 0.3 is 6.18 Å². The van der Waals surface area contributed by atoms with Gasteiger partial charge in [-0.25, -0.2) is 0 Å². The van der Waals surface area contributed by atoms with Gasteiger partial charge in [0.15, 0.2) is 5.69 Å². The maximum absolute atomic E-state index is 13.8. The molecule has 2 N–H and O–H groups in total. The molecule has 7 nitrogen and oxygen atoms in total. The van der Waals surface area contributed by atoms with Gasteiger partial charge in [-0.15, -0.1) is 0 Å². The molecule has 0 bridgehead atoms. The predicted molar refractivity (Wildman–Crippen MR) is 135 cm³/mol. The summed E-state index contributed by atoms with van der Waals surface area (Å²) in [5, 5.41) is 15.3. The van der Waals surface area contributed by atoms with Crippen molar-refractivity contribution >= 4 is 29.1 Å². The Labute approximate surface area is 225 Å². The molecule has 38 heavy (non-hydrogen) atoms. The van der Waals surface area contributed by atoms with Crippen LogP contribution >= 0.6 is 23.2 Å².